The molecule has 0 bridgehead atoms. The fourth-order valence-corrected chi connectivity index (χ4v) is 2.71. The third-order valence-electron chi connectivity index (χ3n) is 3.07. The number of nitrogens with one attached hydrogen (secondary N) is 1. The van der Waals surface area contributed by atoms with Crippen molar-refractivity contribution in [2.24, 2.45) is 0 Å². The van der Waals surface area contributed by atoms with Gasteiger partial charge in [-0.3, -0.25) is 14.4 Å². The zero-order valence-electron chi connectivity index (χ0n) is 13.4. The van der Waals surface area contributed by atoms with Crippen molar-refractivity contribution in [2.45, 2.75) is 19.3 Å². The van der Waals surface area contributed by atoms with Crippen LogP contribution in [0.1, 0.15) is 33.6 Å². The van der Waals surface area contributed by atoms with Crippen molar-refractivity contribution in [1.29, 1.82) is 5.26 Å². The van der Waals surface area contributed by atoms with Gasteiger partial charge in [0.2, 0.25) is 0 Å². The standard InChI is InChI=1S/C16H15N3O5S/c1-10-9-25-16(19-10)11(7-17)12(20)8-24-14(21)4-5-18-15(22)13-3-2-6-23-13/h2-3,6,9,11H,4-5,8H2,1H3,(H,18,22)/t11-/m0/s1. The molecule has 0 aliphatic rings. The number of aromatic nitrogens is 1. The molecule has 2 aromatic rings. The lowest BCUT2D eigenvalue weighted by atomic mass is 10.1. The van der Waals surface area contributed by atoms with Crippen LogP contribution in [-0.4, -0.2) is 35.8 Å². The Morgan fingerprint density at radius 2 is 2.28 bits per heavy atom. The van der Waals surface area contributed by atoms with Gasteiger partial charge in [-0.25, -0.2) is 4.98 Å². The number of furan rings is 1. The zero-order chi connectivity index (χ0) is 18.2. The van der Waals surface area contributed by atoms with Crippen LogP contribution >= 0.6 is 11.3 Å². The van der Waals surface area contributed by atoms with E-state index in [9.17, 15) is 14.4 Å². The van der Waals surface area contributed by atoms with Gasteiger partial charge in [0.25, 0.3) is 5.91 Å². The number of amides is 1. The Kier molecular flexibility index (Phi) is 6.42. The van der Waals surface area contributed by atoms with E-state index in [1.165, 1.54) is 23.7 Å². The van der Waals surface area contributed by atoms with Gasteiger partial charge in [0.05, 0.1) is 18.8 Å². The van der Waals surface area contributed by atoms with Crippen LogP contribution in [-0.2, 0) is 14.3 Å². The van der Waals surface area contributed by atoms with Crippen LogP contribution in [0.5, 0.6) is 0 Å². The number of esters is 1. The fourth-order valence-electron chi connectivity index (χ4n) is 1.85. The number of hydrogen-bond acceptors (Lipinski definition) is 8. The summed E-state index contributed by atoms with van der Waals surface area (Å²) in [5, 5.41) is 13.7. The third kappa shape index (κ3) is 5.26. The number of hydrogen-bond donors (Lipinski definition) is 1. The normalized spacial score (nSPS) is 11.4. The van der Waals surface area contributed by atoms with Crippen molar-refractivity contribution in [3.63, 3.8) is 0 Å². The molecule has 130 valence electrons. The molecule has 0 aliphatic carbocycles. The molecule has 25 heavy (non-hydrogen) atoms. The number of thiazole rings is 1. The van der Waals surface area contributed by atoms with Crippen LogP contribution in [0.3, 0.4) is 0 Å². The first kappa shape index (κ1) is 18.4. The number of carbonyl (C=O) groups excluding carboxylic acids is 3. The maximum absolute atomic E-state index is 12.0. The molecule has 0 aromatic carbocycles. The van der Waals surface area contributed by atoms with Crippen molar-refractivity contribution < 1.29 is 23.5 Å². The summed E-state index contributed by atoms with van der Waals surface area (Å²) in [6, 6.07) is 4.94. The van der Waals surface area contributed by atoms with Gasteiger partial charge in [0.15, 0.2) is 24.1 Å². The van der Waals surface area contributed by atoms with E-state index in [2.05, 4.69) is 10.3 Å². The second kappa shape index (κ2) is 8.75. The quantitative estimate of drug-likeness (QED) is 0.708. The number of aryl methyl sites for hydroxylation is 1. The van der Waals surface area contributed by atoms with Gasteiger partial charge < -0.3 is 14.5 Å². The summed E-state index contributed by atoms with van der Waals surface area (Å²) in [7, 11) is 0. The van der Waals surface area contributed by atoms with Crippen LogP contribution in [0.15, 0.2) is 28.2 Å². The van der Waals surface area contributed by atoms with Crippen LogP contribution in [0.4, 0.5) is 0 Å². The minimum absolute atomic E-state index is 0.0416. The van der Waals surface area contributed by atoms with Crippen molar-refractivity contribution in [3.8, 4) is 6.07 Å². The molecule has 1 atom stereocenters. The van der Waals surface area contributed by atoms with E-state index in [0.29, 0.717) is 5.01 Å². The Bertz CT molecular complexity index is 791. The summed E-state index contributed by atoms with van der Waals surface area (Å²) in [5.41, 5.74) is 0.720. The summed E-state index contributed by atoms with van der Waals surface area (Å²) < 4.78 is 9.76. The molecule has 0 spiro atoms. The van der Waals surface area contributed by atoms with E-state index in [-0.39, 0.29) is 18.7 Å². The average molecular weight is 361 g/mol. The molecular weight excluding hydrogens is 346 g/mol. The molecule has 8 nitrogen and oxygen atoms in total. The fraction of sp³-hybridized carbons (Fsp3) is 0.312. The number of nitrogens with zero attached hydrogens (tertiary/aromatic N) is 2. The average Bonchev–Trinajstić information content (AvgIpc) is 3.25. The first-order chi connectivity index (χ1) is 12.0. The summed E-state index contributed by atoms with van der Waals surface area (Å²) in [5.74, 6) is -2.55. The Hall–Kier alpha value is -2.99. The Morgan fingerprint density at radius 1 is 1.48 bits per heavy atom. The first-order valence-corrected chi connectivity index (χ1v) is 8.21. The van der Waals surface area contributed by atoms with E-state index in [0.717, 1.165) is 5.69 Å². The monoisotopic (exact) mass is 361 g/mol. The molecule has 1 amide bonds. The maximum atomic E-state index is 12.0. The van der Waals surface area contributed by atoms with Crippen LogP contribution in [0, 0.1) is 18.3 Å². The minimum Gasteiger partial charge on any atom is -0.459 e. The van der Waals surface area contributed by atoms with Gasteiger partial charge in [-0.2, -0.15) is 5.26 Å². The molecule has 2 heterocycles. The highest BCUT2D eigenvalue weighted by molar-refractivity contribution is 7.09. The number of carbonyl (C=O) groups is 3. The van der Waals surface area contributed by atoms with Crippen molar-refractivity contribution in [3.05, 3.63) is 40.2 Å². The third-order valence-corrected chi connectivity index (χ3v) is 4.10. The molecule has 0 saturated carbocycles. The van der Waals surface area contributed by atoms with Gasteiger partial charge in [0, 0.05) is 17.6 Å². The largest absolute Gasteiger partial charge is 0.459 e. The molecular formula is C16H15N3O5S. The van der Waals surface area contributed by atoms with Crippen LogP contribution in [0.25, 0.3) is 0 Å². The second-order valence-corrected chi connectivity index (χ2v) is 5.89. The summed E-state index contributed by atoms with van der Waals surface area (Å²) in [6.07, 6.45) is 1.26. The summed E-state index contributed by atoms with van der Waals surface area (Å²) in [6.45, 7) is 1.29. The molecule has 1 N–H and O–H groups in total. The van der Waals surface area contributed by atoms with Crippen LogP contribution in [0.2, 0.25) is 0 Å². The van der Waals surface area contributed by atoms with Gasteiger partial charge in [-0.1, -0.05) is 0 Å². The molecule has 2 aromatic heterocycles. The first-order valence-electron chi connectivity index (χ1n) is 7.33. The molecule has 0 radical (unpaired) electrons. The van der Waals surface area contributed by atoms with Gasteiger partial charge in [0.1, 0.15) is 5.01 Å². The number of rotatable bonds is 8. The Labute approximate surface area is 147 Å². The molecule has 2 rings (SSSR count). The SMILES string of the molecule is Cc1csc([C@@H](C#N)C(=O)COC(=O)CCNC(=O)c2ccco2)n1. The lowest BCUT2D eigenvalue weighted by Crippen LogP contribution is -2.27. The highest BCUT2D eigenvalue weighted by Crippen LogP contribution is 2.20. The highest BCUT2D eigenvalue weighted by atomic mass is 32.1. The Balaban J connectivity index is 1.73. The Morgan fingerprint density at radius 3 is 2.88 bits per heavy atom. The predicted molar refractivity (Wildman–Crippen MR) is 86.8 cm³/mol. The number of Topliss-reactive ketones (excluding diaryl/α,β-unsaturated/α-hetero) is 1. The number of ether oxygens (including phenoxy) is 1. The van der Waals surface area contributed by atoms with Crippen LogP contribution < -0.4 is 5.32 Å². The van der Waals surface area contributed by atoms with Gasteiger partial charge in [-0.15, -0.1) is 11.3 Å². The lowest BCUT2D eigenvalue weighted by molar-refractivity contribution is -0.147. The van der Waals surface area contributed by atoms with Gasteiger partial charge >= 0.3 is 5.97 Å². The maximum Gasteiger partial charge on any atom is 0.308 e. The highest BCUT2D eigenvalue weighted by Gasteiger charge is 2.24. The smallest absolute Gasteiger partial charge is 0.308 e. The molecule has 0 saturated heterocycles. The number of nitriles is 1. The van der Waals surface area contributed by atoms with Crippen molar-refractivity contribution in [1.82, 2.24) is 10.3 Å². The lowest BCUT2D eigenvalue weighted by Gasteiger charge is -2.07. The number of ketones is 1. The van der Waals surface area contributed by atoms with E-state index >= 15 is 0 Å². The van der Waals surface area contributed by atoms with Crippen molar-refractivity contribution >= 4 is 29.0 Å². The van der Waals surface area contributed by atoms with E-state index in [4.69, 9.17) is 14.4 Å². The molecule has 0 unspecified atom stereocenters. The van der Waals surface area contributed by atoms with E-state index in [1.807, 2.05) is 6.07 Å². The van der Waals surface area contributed by atoms with E-state index in [1.54, 1.807) is 18.4 Å². The predicted octanol–water partition coefficient (Wildman–Crippen LogP) is 1.58. The molecule has 0 fully saturated rings. The molecule has 9 heteroatoms. The topological polar surface area (TPSA) is 122 Å². The zero-order valence-corrected chi connectivity index (χ0v) is 14.2. The van der Waals surface area contributed by atoms with Gasteiger partial charge in [-0.05, 0) is 19.1 Å². The minimum atomic E-state index is -1.05. The van der Waals surface area contributed by atoms with Crippen molar-refractivity contribution in [2.75, 3.05) is 13.2 Å². The summed E-state index contributed by atoms with van der Waals surface area (Å²) >= 11 is 1.21. The molecule has 0 aliphatic heterocycles. The van der Waals surface area contributed by atoms with E-state index < -0.39 is 30.2 Å². The second-order valence-electron chi connectivity index (χ2n) is 5.00. The summed E-state index contributed by atoms with van der Waals surface area (Å²) in [4.78, 5) is 39.3.